The number of nitrogens with zero attached hydrogens (tertiary/aromatic N) is 2. The molecule has 0 radical (unpaired) electrons. The van der Waals surface area contributed by atoms with Crippen LogP contribution in [0, 0.1) is 0 Å². The van der Waals surface area contributed by atoms with Gasteiger partial charge in [-0.05, 0) is 18.6 Å². The van der Waals surface area contributed by atoms with Gasteiger partial charge in [0.2, 0.25) is 0 Å². The monoisotopic (exact) mass is 173 g/mol. The van der Waals surface area contributed by atoms with Gasteiger partial charge in [-0.25, -0.2) is 0 Å². The molecule has 0 amide bonds. The standard InChI is InChI=1S/C10H11N3/c1-7(11)8-2-3-9-5-12-13-6-10(9)4-8/h2-7H,11H2,1H3. The largest absolute Gasteiger partial charge is 0.324 e. The first-order valence-corrected chi connectivity index (χ1v) is 4.23. The lowest BCUT2D eigenvalue weighted by Gasteiger charge is -2.05. The Morgan fingerprint density at radius 3 is 2.54 bits per heavy atom. The number of hydrogen-bond donors (Lipinski definition) is 1. The van der Waals surface area contributed by atoms with Gasteiger partial charge >= 0.3 is 0 Å². The van der Waals surface area contributed by atoms with Crippen molar-refractivity contribution in [1.29, 1.82) is 0 Å². The van der Waals surface area contributed by atoms with Crippen LogP contribution in [0.25, 0.3) is 10.8 Å². The summed E-state index contributed by atoms with van der Waals surface area (Å²) in [5.41, 5.74) is 6.89. The maximum Gasteiger partial charge on any atom is 0.0574 e. The minimum Gasteiger partial charge on any atom is -0.324 e. The number of benzene rings is 1. The molecule has 0 bridgehead atoms. The Balaban J connectivity index is 2.62. The molecule has 0 spiro atoms. The smallest absolute Gasteiger partial charge is 0.0574 e. The zero-order valence-corrected chi connectivity index (χ0v) is 7.44. The van der Waals surface area contributed by atoms with E-state index in [2.05, 4.69) is 16.3 Å². The Morgan fingerprint density at radius 1 is 1.15 bits per heavy atom. The molecular formula is C10H11N3. The molecule has 0 saturated carbocycles. The van der Waals surface area contributed by atoms with Crippen molar-refractivity contribution in [2.75, 3.05) is 0 Å². The van der Waals surface area contributed by atoms with Crippen LogP contribution in [0.1, 0.15) is 18.5 Å². The van der Waals surface area contributed by atoms with Crippen LogP contribution in [0.15, 0.2) is 30.6 Å². The molecule has 1 unspecified atom stereocenters. The highest BCUT2D eigenvalue weighted by Gasteiger charge is 2.00. The van der Waals surface area contributed by atoms with E-state index < -0.39 is 0 Å². The minimum atomic E-state index is 0.0672. The van der Waals surface area contributed by atoms with Crippen molar-refractivity contribution in [2.24, 2.45) is 5.73 Å². The maximum absolute atomic E-state index is 5.77. The number of nitrogens with two attached hydrogens (primary N) is 1. The van der Waals surface area contributed by atoms with Crippen LogP contribution in [0.4, 0.5) is 0 Å². The van der Waals surface area contributed by atoms with E-state index in [1.165, 1.54) is 0 Å². The summed E-state index contributed by atoms with van der Waals surface area (Å²) in [7, 11) is 0. The van der Waals surface area contributed by atoms with Crippen molar-refractivity contribution in [3.63, 3.8) is 0 Å². The molecule has 0 aliphatic heterocycles. The normalized spacial score (nSPS) is 13.1. The van der Waals surface area contributed by atoms with Gasteiger partial charge in [0.15, 0.2) is 0 Å². The highest BCUT2D eigenvalue weighted by atomic mass is 15.1. The van der Waals surface area contributed by atoms with Crippen molar-refractivity contribution in [3.05, 3.63) is 36.2 Å². The molecule has 2 aromatic rings. The molecule has 0 aliphatic carbocycles. The maximum atomic E-state index is 5.77. The number of hydrogen-bond acceptors (Lipinski definition) is 3. The van der Waals surface area contributed by atoms with Crippen LogP contribution < -0.4 is 5.73 Å². The van der Waals surface area contributed by atoms with Gasteiger partial charge in [0, 0.05) is 16.8 Å². The molecule has 1 aromatic heterocycles. The lowest BCUT2D eigenvalue weighted by molar-refractivity contribution is 0.820. The molecule has 1 heterocycles. The second-order valence-corrected chi connectivity index (χ2v) is 3.17. The third kappa shape index (κ3) is 1.51. The van der Waals surface area contributed by atoms with Crippen LogP contribution >= 0.6 is 0 Å². The van der Waals surface area contributed by atoms with Crippen LogP contribution in [0.2, 0.25) is 0 Å². The van der Waals surface area contributed by atoms with Gasteiger partial charge in [0.05, 0.1) is 12.4 Å². The van der Waals surface area contributed by atoms with Crippen molar-refractivity contribution in [2.45, 2.75) is 13.0 Å². The van der Waals surface area contributed by atoms with E-state index in [1.807, 2.05) is 19.1 Å². The van der Waals surface area contributed by atoms with Gasteiger partial charge in [-0.2, -0.15) is 10.2 Å². The van der Waals surface area contributed by atoms with E-state index in [4.69, 9.17) is 5.73 Å². The Kier molecular flexibility index (Phi) is 1.94. The van der Waals surface area contributed by atoms with Gasteiger partial charge in [0.25, 0.3) is 0 Å². The average Bonchev–Trinajstić information content (AvgIpc) is 2.17. The lowest BCUT2D eigenvalue weighted by atomic mass is 10.1. The van der Waals surface area contributed by atoms with Gasteiger partial charge < -0.3 is 5.73 Å². The summed E-state index contributed by atoms with van der Waals surface area (Å²) >= 11 is 0. The summed E-state index contributed by atoms with van der Waals surface area (Å²) in [5.74, 6) is 0. The van der Waals surface area contributed by atoms with Crippen molar-refractivity contribution in [1.82, 2.24) is 10.2 Å². The fourth-order valence-electron chi connectivity index (χ4n) is 1.30. The summed E-state index contributed by atoms with van der Waals surface area (Å²) in [5, 5.41) is 9.81. The van der Waals surface area contributed by atoms with Crippen molar-refractivity contribution >= 4 is 10.8 Å². The average molecular weight is 173 g/mol. The van der Waals surface area contributed by atoms with Crippen LogP contribution in [-0.4, -0.2) is 10.2 Å². The molecule has 66 valence electrons. The van der Waals surface area contributed by atoms with Crippen LogP contribution in [0.3, 0.4) is 0 Å². The summed E-state index contributed by atoms with van der Waals surface area (Å²) in [6, 6.07) is 6.16. The Hall–Kier alpha value is -1.48. The second kappa shape index (κ2) is 3.11. The molecule has 2 N–H and O–H groups in total. The Labute approximate surface area is 76.6 Å². The van der Waals surface area contributed by atoms with E-state index in [1.54, 1.807) is 12.4 Å². The molecule has 3 nitrogen and oxygen atoms in total. The zero-order chi connectivity index (χ0) is 9.26. The van der Waals surface area contributed by atoms with Gasteiger partial charge in [-0.1, -0.05) is 12.1 Å². The summed E-state index contributed by atoms with van der Waals surface area (Å²) < 4.78 is 0. The van der Waals surface area contributed by atoms with Crippen LogP contribution in [-0.2, 0) is 0 Å². The Morgan fingerprint density at radius 2 is 1.85 bits per heavy atom. The first-order chi connectivity index (χ1) is 6.27. The third-order valence-corrected chi connectivity index (χ3v) is 2.10. The molecular weight excluding hydrogens is 162 g/mol. The molecule has 1 atom stereocenters. The molecule has 2 rings (SSSR count). The zero-order valence-electron chi connectivity index (χ0n) is 7.44. The number of aromatic nitrogens is 2. The van der Waals surface area contributed by atoms with Gasteiger partial charge in [-0.3, -0.25) is 0 Å². The third-order valence-electron chi connectivity index (χ3n) is 2.10. The van der Waals surface area contributed by atoms with E-state index >= 15 is 0 Å². The van der Waals surface area contributed by atoms with Gasteiger partial charge in [0.1, 0.15) is 0 Å². The fourth-order valence-corrected chi connectivity index (χ4v) is 1.30. The topological polar surface area (TPSA) is 51.8 Å². The van der Waals surface area contributed by atoms with E-state index in [9.17, 15) is 0 Å². The molecule has 1 aromatic carbocycles. The van der Waals surface area contributed by atoms with Crippen molar-refractivity contribution < 1.29 is 0 Å². The van der Waals surface area contributed by atoms with E-state index in [0.29, 0.717) is 0 Å². The van der Waals surface area contributed by atoms with Crippen LogP contribution in [0.5, 0.6) is 0 Å². The molecule has 0 fully saturated rings. The predicted octanol–water partition coefficient (Wildman–Crippen LogP) is 1.65. The molecule has 0 aliphatic rings. The lowest BCUT2D eigenvalue weighted by Crippen LogP contribution is -2.04. The highest BCUT2D eigenvalue weighted by Crippen LogP contribution is 2.17. The fraction of sp³-hybridized carbons (Fsp3) is 0.200. The summed E-state index contributed by atoms with van der Waals surface area (Å²) in [6.45, 7) is 1.97. The first-order valence-electron chi connectivity index (χ1n) is 4.23. The minimum absolute atomic E-state index is 0.0672. The second-order valence-electron chi connectivity index (χ2n) is 3.17. The summed E-state index contributed by atoms with van der Waals surface area (Å²) in [6.07, 6.45) is 3.50. The van der Waals surface area contributed by atoms with Crippen molar-refractivity contribution in [3.8, 4) is 0 Å². The highest BCUT2D eigenvalue weighted by molar-refractivity contribution is 5.81. The van der Waals surface area contributed by atoms with Gasteiger partial charge in [-0.15, -0.1) is 0 Å². The summed E-state index contributed by atoms with van der Waals surface area (Å²) in [4.78, 5) is 0. The molecule has 13 heavy (non-hydrogen) atoms. The quantitative estimate of drug-likeness (QED) is 0.713. The first kappa shape index (κ1) is 8.13. The SMILES string of the molecule is CC(N)c1ccc2cnncc2c1. The number of fused-ring (bicyclic) bond motifs is 1. The molecule has 3 heteroatoms. The number of rotatable bonds is 1. The Bertz CT molecular complexity index is 423. The van der Waals surface area contributed by atoms with E-state index in [-0.39, 0.29) is 6.04 Å². The molecule has 0 saturated heterocycles. The van der Waals surface area contributed by atoms with E-state index in [0.717, 1.165) is 16.3 Å². The predicted molar refractivity (Wildman–Crippen MR) is 52.1 cm³/mol.